The van der Waals surface area contributed by atoms with Gasteiger partial charge in [-0.05, 0) is 32.4 Å². The molecule has 2 rings (SSSR count). The van der Waals surface area contributed by atoms with Crippen molar-refractivity contribution >= 4 is 11.8 Å². The lowest BCUT2D eigenvalue weighted by atomic mass is 10.1. The zero-order valence-electron chi connectivity index (χ0n) is 12.7. The van der Waals surface area contributed by atoms with E-state index in [2.05, 4.69) is 28.6 Å². The molecule has 1 aromatic rings. The van der Waals surface area contributed by atoms with Crippen molar-refractivity contribution in [2.75, 3.05) is 38.2 Å². The third-order valence-electron chi connectivity index (χ3n) is 3.82. The molecule has 20 heavy (non-hydrogen) atoms. The average Bonchev–Trinajstić information content (AvgIpc) is 2.46. The quantitative estimate of drug-likeness (QED) is 0.787. The van der Waals surface area contributed by atoms with E-state index < -0.39 is 0 Å². The van der Waals surface area contributed by atoms with E-state index in [4.69, 9.17) is 4.74 Å². The van der Waals surface area contributed by atoms with Crippen LogP contribution in [0.15, 0.2) is 12.3 Å². The normalized spacial score (nSPS) is 16.6. The maximum Gasteiger partial charge on any atom is 0.339 e. The lowest BCUT2D eigenvalue weighted by Crippen LogP contribution is -2.49. The Morgan fingerprint density at radius 3 is 2.45 bits per heavy atom. The summed E-state index contributed by atoms with van der Waals surface area (Å²) >= 11 is 0. The van der Waals surface area contributed by atoms with Crippen LogP contribution in [0.3, 0.4) is 0 Å². The van der Waals surface area contributed by atoms with Crippen molar-refractivity contribution in [1.82, 2.24) is 9.88 Å². The highest BCUT2D eigenvalue weighted by Crippen LogP contribution is 2.20. The molecule has 1 saturated heterocycles. The van der Waals surface area contributed by atoms with Gasteiger partial charge < -0.3 is 9.64 Å². The summed E-state index contributed by atoms with van der Waals surface area (Å²) in [6.07, 6.45) is 1.60. The Bertz CT molecular complexity index is 480. The number of hydrogen-bond donors (Lipinski definition) is 0. The molecule has 0 radical (unpaired) electrons. The van der Waals surface area contributed by atoms with Gasteiger partial charge >= 0.3 is 5.97 Å². The minimum absolute atomic E-state index is 0.336. The third kappa shape index (κ3) is 3.10. The number of rotatable bonds is 3. The average molecular weight is 277 g/mol. The molecule has 2 heterocycles. The van der Waals surface area contributed by atoms with Gasteiger partial charge in [-0.3, -0.25) is 4.90 Å². The van der Waals surface area contributed by atoms with Crippen molar-refractivity contribution < 1.29 is 9.53 Å². The number of hydrogen-bond acceptors (Lipinski definition) is 5. The standard InChI is InChI=1S/C15H23N3O2/c1-11(2)17-5-7-18(8-6-17)14-12(3)9-13(10-16-14)15(19)20-4/h9-11H,5-8H2,1-4H3. The SMILES string of the molecule is COC(=O)c1cnc(N2CCN(C(C)C)CC2)c(C)c1. The van der Waals surface area contributed by atoms with Gasteiger partial charge in [0.25, 0.3) is 0 Å². The zero-order valence-corrected chi connectivity index (χ0v) is 12.7. The summed E-state index contributed by atoms with van der Waals surface area (Å²) < 4.78 is 4.72. The maximum atomic E-state index is 11.5. The van der Waals surface area contributed by atoms with Crippen molar-refractivity contribution in [3.63, 3.8) is 0 Å². The van der Waals surface area contributed by atoms with E-state index in [1.165, 1.54) is 7.11 Å². The second-order valence-corrected chi connectivity index (χ2v) is 5.47. The molecule has 1 aliphatic rings. The van der Waals surface area contributed by atoms with Gasteiger partial charge in [0.15, 0.2) is 0 Å². The van der Waals surface area contributed by atoms with E-state index in [0.717, 1.165) is 37.6 Å². The van der Waals surface area contributed by atoms with E-state index in [9.17, 15) is 4.79 Å². The summed E-state index contributed by atoms with van der Waals surface area (Å²) in [6.45, 7) is 10.5. The minimum atomic E-state index is -0.336. The highest BCUT2D eigenvalue weighted by Gasteiger charge is 2.21. The summed E-state index contributed by atoms with van der Waals surface area (Å²) in [4.78, 5) is 20.7. The van der Waals surface area contributed by atoms with Gasteiger partial charge in [0.05, 0.1) is 12.7 Å². The first-order chi connectivity index (χ1) is 9.52. The van der Waals surface area contributed by atoms with E-state index in [1.54, 1.807) is 6.20 Å². The molecule has 0 aliphatic carbocycles. The number of piperazine rings is 1. The van der Waals surface area contributed by atoms with Crippen LogP contribution in [-0.4, -0.2) is 55.2 Å². The Hall–Kier alpha value is -1.62. The Balaban J connectivity index is 2.09. The second kappa shape index (κ2) is 6.22. The molecule has 0 saturated carbocycles. The molecule has 0 spiro atoms. The van der Waals surface area contributed by atoms with Gasteiger partial charge in [-0.2, -0.15) is 0 Å². The number of carbonyl (C=O) groups is 1. The smallest absolute Gasteiger partial charge is 0.339 e. The largest absolute Gasteiger partial charge is 0.465 e. The van der Waals surface area contributed by atoms with E-state index in [0.29, 0.717) is 11.6 Å². The molecule has 110 valence electrons. The Labute approximate surface area is 120 Å². The third-order valence-corrected chi connectivity index (χ3v) is 3.82. The molecule has 1 aliphatic heterocycles. The molecule has 0 bridgehead atoms. The van der Waals surface area contributed by atoms with Crippen LogP contribution in [0.4, 0.5) is 5.82 Å². The first kappa shape index (κ1) is 14.8. The summed E-state index contributed by atoms with van der Waals surface area (Å²) in [6, 6.07) is 2.44. The van der Waals surface area contributed by atoms with E-state index >= 15 is 0 Å². The maximum absolute atomic E-state index is 11.5. The predicted octanol–water partition coefficient (Wildman–Crippen LogP) is 1.71. The van der Waals surface area contributed by atoms with E-state index in [1.807, 2.05) is 13.0 Å². The van der Waals surface area contributed by atoms with Crippen LogP contribution in [0.2, 0.25) is 0 Å². The van der Waals surface area contributed by atoms with Crippen LogP contribution in [0.5, 0.6) is 0 Å². The summed E-state index contributed by atoms with van der Waals surface area (Å²) in [5.41, 5.74) is 1.53. The Morgan fingerprint density at radius 2 is 1.95 bits per heavy atom. The zero-order chi connectivity index (χ0) is 14.7. The Morgan fingerprint density at radius 1 is 1.30 bits per heavy atom. The van der Waals surface area contributed by atoms with Crippen LogP contribution >= 0.6 is 0 Å². The molecular weight excluding hydrogens is 254 g/mol. The van der Waals surface area contributed by atoms with Crippen molar-refractivity contribution in [3.05, 3.63) is 23.4 Å². The van der Waals surface area contributed by atoms with Crippen molar-refractivity contribution in [2.24, 2.45) is 0 Å². The van der Waals surface area contributed by atoms with Crippen LogP contribution in [0, 0.1) is 6.92 Å². The van der Waals surface area contributed by atoms with Gasteiger partial charge in [-0.25, -0.2) is 9.78 Å². The fourth-order valence-corrected chi connectivity index (χ4v) is 2.58. The fourth-order valence-electron chi connectivity index (χ4n) is 2.58. The molecule has 0 aromatic carbocycles. The van der Waals surface area contributed by atoms with Crippen LogP contribution in [0.1, 0.15) is 29.8 Å². The fraction of sp³-hybridized carbons (Fsp3) is 0.600. The number of anilines is 1. The molecule has 5 heteroatoms. The first-order valence-corrected chi connectivity index (χ1v) is 7.07. The molecular formula is C15H23N3O2. The lowest BCUT2D eigenvalue weighted by Gasteiger charge is -2.38. The Kier molecular flexibility index (Phi) is 4.60. The molecule has 5 nitrogen and oxygen atoms in total. The highest BCUT2D eigenvalue weighted by molar-refractivity contribution is 5.89. The van der Waals surface area contributed by atoms with Crippen molar-refractivity contribution in [2.45, 2.75) is 26.8 Å². The number of ether oxygens (including phenoxy) is 1. The first-order valence-electron chi connectivity index (χ1n) is 7.07. The number of aryl methyl sites for hydroxylation is 1. The van der Waals surface area contributed by atoms with Gasteiger partial charge in [-0.1, -0.05) is 0 Å². The summed E-state index contributed by atoms with van der Waals surface area (Å²) in [7, 11) is 1.39. The molecule has 1 fully saturated rings. The number of nitrogens with zero attached hydrogens (tertiary/aromatic N) is 3. The van der Waals surface area contributed by atoms with Crippen LogP contribution < -0.4 is 4.90 Å². The molecule has 0 N–H and O–H groups in total. The van der Waals surface area contributed by atoms with Gasteiger partial charge in [-0.15, -0.1) is 0 Å². The molecule has 0 unspecified atom stereocenters. The lowest BCUT2D eigenvalue weighted by molar-refractivity contribution is 0.0600. The molecule has 0 amide bonds. The van der Waals surface area contributed by atoms with E-state index in [-0.39, 0.29) is 5.97 Å². The molecule has 0 atom stereocenters. The monoisotopic (exact) mass is 277 g/mol. The number of carbonyl (C=O) groups excluding carboxylic acids is 1. The number of esters is 1. The van der Waals surface area contributed by atoms with Gasteiger partial charge in [0, 0.05) is 38.4 Å². The van der Waals surface area contributed by atoms with Crippen molar-refractivity contribution in [3.8, 4) is 0 Å². The van der Waals surface area contributed by atoms with Crippen LogP contribution in [0.25, 0.3) is 0 Å². The molecule has 1 aromatic heterocycles. The minimum Gasteiger partial charge on any atom is -0.465 e. The number of methoxy groups -OCH3 is 1. The second-order valence-electron chi connectivity index (χ2n) is 5.47. The van der Waals surface area contributed by atoms with Crippen molar-refractivity contribution in [1.29, 1.82) is 0 Å². The summed E-state index contributed by atoms with van der Waals surface area (Å²) in [5, 5.41) is 0. The predicted molar refractivity (Wildman–Crippen MR) is 79.2 cm³/mol. The number of aromatic nitrogens is 1. The van der Waals surface area contributed by atoms with Crippen LogP contribution in [-0.2, 0) is 4.74 Å². The number of pyridine rings is 1. The van der Waals surface area contributed by atoms with Gasteiger partial charge in [0.2, 0.25) is 0 Å². The van der Waals surface area contributed by atoms with Gasteiger partial charge in [0.1, 0.15) is 5.82 Å². The highest BCUT2D eigenvalue weighted by atomic mass is 16.5. The topological polar surface area (TPSA) is 45.7 Å². The summed E-state index contributed by atoms with van der Waals surface area (Å²) in [5.74, 6) is 0.637.